The smallest absolute Gasteiger partial charge is 0.0312 e. The summed E-state index contributed by atoms with van der Waals surface area (Å²) >= 11 is 0. The quantitative estimate of drug-likeness (QED) is 0.675. The zero-order chi connectivity index (χ0) is 10.8. The van der Waals surface area contributed by atoms with E-state index in [0.29, 0.717) is 5.41 Å². The third-order valence-corrected chi connectivity index (χ3v) is 3.25. The molecule has 1 saturated carbocycles. The number of nitrogens with one attached hydrogen (secondary N) is 1. The van der Waals surface area contributed by atoms with Crippen molar-refractivity contribution < 1.29 is 0 Å². The minimum Gasteiger partial charge on any atom is -0.329 e. The van der Waals surface area contributed by atoms with Crippen LogP contribution in [0.15, 0.2) is 12.2 Å². The number of hydrogen-bond donors (Lipinski definition) is 2. The van der Waals surface area contributed by atoms with Crippen LogP contribution in [0.2, 0.25) is 0 Å². The SMILES string of the molecule is C=C(C)CNC1(CN)CCC(C)(C)C1. The Balaban J connectivity index is 2.56. The second kappa shape index (κ2) is 4.03. The average Bonchev–Trinajstić information content (AvgIpc) is 2.40. The Morgan fingerprint density at radius 1 is 1.43 bits per heavy atom. The van der Waals surface area contributed by atoms with Crippen molar-refractivity contribution in [2.75, 3.05) is 13.1 Å². The summed E-state index contributed by atoms with van der Waals surface area (Å²) in [6, 6.07) is 0. The van der Waals surface area contributed by atoms with Gasteiger partial charge in [-0.1, -0.05) is 26.0 Å². The van der Waals surface area contributed by atoms with Crippen molar-refractivity contribution in [2.45, 2.75) is 45.6 Å². The highest BCUT2D eigenvalue weighted by Crippen LogP contribution is 2.42. The van der Waals surface area contributed by atoms with Crippen molar-refractivity contribution in [2.24, 2.45) is 11.1 Å². The molecule has 0 aromatic carbocycles. The number of hydrogen-bond acceptors (Lipinski definition) is 2. The lowest BCUT2D eigenvalue weighted by atomic mass is 9.87. The largest absolute Gasteiger partial charge is 0.329 e. The topological polar surface area (TPSA) is 38.0 Å². The summed E-state index contributed by atoms with van der Waals surface area (Å²) in [4.78, 5) is 0. The zero-order valence-corrected chi connectivity index (χ0v) is 9.82. The minimum atomic E-state index is 0.169. The average molecular weight is 196 g/mol. The molecule has 1 unspecified atom stereocenters. The van der Waals surface area contributed by atoms with Crippen LogP contribution in [-0.2, 0) is 0 Å². The molecule has 1 aliphatic rings. The Morgan fingerprint density at radius 3 is 2.43 bits per heavy atom. The van der Waals surface area contributed by atoms with E-state index >= 15 is 0 Å². The summed E-state index contributed by atoms with van der Waals surface area (Å²) < 4.78 is 0. The molecule has 0 radical (unpaired) electrons. The molecule has 0 aromatic heterocycles. The molecule has 2 nitrogen and oxygen atoms in total. The van der Waals surface area contributed by atoms with Gasteiger partial charge in [0.05, 0.1) is 0 Å². The van der Waals surface area contributed by atoms with Gasteiger partial charge in [0.25, 0.3) is 0 Å². The standard InChI is InChI=1S/C12H24N2/c1-10(2)7-14-12(9-13)6-5-11(3,4)8-12/h14H,1,5-9,13H2,2-4H3. The van der Waals surface area contributed by atoms with E-state index in [1.165, 1.54) is 24.8 Å². The second-order valence-corrected chi connectivity index (χ2v) is 5.64. The fourth-order valence-electron chi connectivity index (χ4n) is 2.41. The molecule has 82 valence electrons. The molecule has 1 rings (SSSR count). The van der Waals surface area contributed by atoms with E-state index in [0.717, 1.165) is 13.1 Å². The molecular weight excluding hydrogens is 172 g/mol. The van der Waals surface area contributed by atoms with Gasteiger partial charge in [0.2, 0.25) is 0 Å². The van der Waals surface area contributed by atoms with Gasteiger partial charge in [-0.2, -0.15) is 0 Å². The first-order valence-electron chi connectivity index (χ1n) is 5.49. The number of rotatable bonds is 4. The predicted octanol–water partition coefficient (Wildman–Crippen LogP) is 2.06. The lowest BCUT2D eigenvalue weighted by molar-refractivity contribution is 0.297. The van der Waals surface area contributed by atoms with Gasteiger partial charge in [0.1, 0.15) is 0 Å². The van der Waals surface area contributed by atoms with Crippen LogP contribution in [0.3, 0.4) is 0 Å². The van der Waals surface area contributed by atoms with Gasteiger partial charge in [0, 0.05) is 18.6 Å². The van der Waals surface area contributed by atoms with Crippen LogP contribution in [0.4, 0.5) is 0 Å². The highest BCUT2D eigenvalue weighted by atomic mass is 15.0. The van der Waals surface area contributed by atoms with Gasteiger partial charge in [0.15, 0.2) is 0 Å². The first-order valence-corrected chi connectivity index (χ1v) is 5.49. The normalized spacial score (nSPS) is 30.6. The van der Waals surface area contributed by atoms with E-state index in [-0.39, 0.29) is 5.54 Å². The third-order valence-electron chi connectivity index (χ3n) is 3.25. The second-order valence-electron chi connectivity index (χ2n) is 5.64. The maximum Gasteiger partial charge on any atom is 0.0312 e. The van der Waals surface area contributed by atoms with Crippen LogP contribution in [0.5, 0.6) is 0 Å². The van der Waals surface area contributed by atoms with Crippen LogP contribution < -0.4 is 11.1 Å². The van der Waals surface area contributed by atoms with Crippen LogP contribution in [0.1, 0.15) is 40.0 Å². The van der Waals surface area contributed by atoms with Gasteiger partial charge < -0.3 is 11.1 Å². The van der Waals surface area contributed by atoms with Crippen molar-refractivity contribution >= 4 is 0 Å². The molecule has 14 heavy (non-hydrogen) atoms. The summed E-state index contributed by atoms with van der Waals surface area (Å²) in [5.74, 6) is 0. The highest BCUT2D eigenvalue weighted by molar-refractivity contribution is 5.03. The van der Waals surface area contributed by atoms with E-state index in [9.17, 15) is 0 Å². The molecule has 3 N–H and O–H groups in total. The van der Waals surface area contributed by atoms with Gasteiger partial charge in [-0.3, -0.25) is 0 Å². The monoisotopic (exact) mass is 196 g/mol. The molecule has 0 bridgehead atoms. The summed E-state index contributed by atoms with van der Waals surface area (Å²) in [5.41, 5.74) is 7.68. The van der Waals surface area contributed by atoms with E-state index < -0.39 is 0 Å². The predicted molar refractivity (Wildman–Crippen MR) is 62.2 cm³/mol. The molecule has 2 heteroatoms. The van der Waals surface area contributed by atoms with Gasteiger partial charge in [-0.05, 0) is 31.6 Å². The molecular formula is C12H24N2. The van der Waals surface area contributed by atoms with Crippen molar-refractivity contribution in [1.82, 2.24) is 5.32 Å². The molecule has 1 aliphatic carbocycles. The summed E-state index contributed by atoms with van der Waals surface area (Å²) in [5, 5.41) is 3.58. The van der Waals surface area contributed by atoms with Gasteiger partial charge in [-0.25, -0.2) is 0 Å². The Bertz CT molecular complexity index is 220. The van der Waals surface area contributed by atoms with Crippen molar-refractivity contribution in [3.63, 3.8) is 0 Å². The van der Waals surface area contributed by atoms with E-state index in [4.69, 9.17) is 5.73 Å². The highest BCUT2D eigenvalue weighted by Gasteiger charge is 2.41. The number of nitrogens with two attached hydrogens (primary N) is 1. The maximum absolute atomic E-state index is 5.88. The van der Waals surface area contributed by atoms with Crippen LogP contribution in [-0.4, -0.2) is 18.6 Å². The third kappa shape index (κ3) is 2.82. The first kappa shape index (κ1) is 11.7. The Hall–Kier alpha value is -0.340. The minimum absolute atomic E-state index is 0.169. The molecule has 0 amide bonds. The molecule has 0 spiro atoms. The Morgan fingerprint density at radius 2 is 2.07 bits per heavy atom. The van der Waals surface area contributed by atoms with E-state index in [1.807, 2.05) is 0 Å². The molecule has 0 heterocycles. The maximum atomic E-state index is 5.88. The Kier molecular flexibility index (Phi) is 3.38. The van der Waals surface area contributed by atoms with E-state index in [1.54, 1.807) is 0 Å². The summed E-state index contributed by atoms with van der Waals surface area (Å²) in [6.07, 6.45) is 3.65. The van der Waals surface area contributed by atoms with Gasteiger partial charge in [-0.15, -0.1) is 0 Å². The lowest BCUT2D eigenvalue weighted by Crippen LogP contribution is -2.50. The summed E-state index contributed by atoms with van der Waals surface area (Å²) in [6.45, 7) is 12.3. The van der Waals surface area contributed by atoms with Crippen LogP contribution >= 0.6 is 0 Å². The van der Waals surface area contributed by atoms with Gasteiger partial charge >= 0.3 is 0 Å². The van der Waals surface area contributed by atoms with Crippen molar-refractivity contribution in [3.8, 4) is 0 Å². The van der Waals surface area contributed by atoms with Crippen molar-refractivity contribution in [3.05, 3.63) is 12.2 Å². The van der Waals surface area contributed by atoms with Crippen molar-refractivity contribution in [1.29, 1.82) is 0 Å². The van der Waals surface area contributed by atoms with Crippen LogP contribution in [0, 0.1) is 5.41 Å². The fourth-order valence-corrected chi connectivity index (χ4v) is 2.41. The molecule has 1 atom stereocenters. The lowest BCUT2D eigenvalue weighted by Gasteiger charge is -2.31. The Labute approximate surface area is 87.9 Å². The fraction of sp³-hybridized carbons (Fsp3) is 0.833. The molecule has 0 saturated heterocycles. The van der Waals surface area contributed by atoms with Crippen LogP contribution in [0.25, 0.3) is 0 Å². The molecule has 1 fully saturated rings. The zero-order valence-electron chi connectivity index (χ0n) is 9.82. The first-order chi connectivity index (χ1) is 6.39. The molecule has 0 aromatic rings. The van der Waals surface area contributed by atoms with E-state index in [2.05, 4.69) is 32.7 Å². The summed E-state index contributed by atoms with van der Waals surface area (Å²) in [7, 11) is 0. The molecule has 0 aliphatic heterocycles.